The number of nitrogens with zero attached hydrogens (tertiary/aromatic N) is 4. The normalized spacial score (nSPS) is 26.5. The summed E-state index contributed by atoms with van der Waals surface area (Å²) in [6.07, 6.45) is 3.07. The van der Waals surface area contributed by atoms with E-state index in [1.165, 1.54) is 0 Å². The molecule has 0 bridgehead atoms. The fraction of sp³-hybridized carbons (Fsp3) is 0.765. The van der Waals surface area contributed by atoms with E-state index in [1.54, 1.807) is 0 Å². The van der Waals surface area contributed by atoms with Crippen molar-refractivity contribution in [2.75, 3.05) is 25.0 Å². The molecule has 22 heavy (non-hydrogen) atoms. The molecule has 1 aromatic heterocycles. The molecule has 1 saturated heterocycles. The van der Waals surface area contributed by atoms with Crippen LogP contribution >= 0.6 is 0 Å². The first-order chi connectivity index (χ1) is 10.4. The molecule has 0 radical (unpaired) electrons. The third-order valence-electron chi connectivity index (χ3n) is 5.15. The highest BCUT2D eigenvalue weighted by Crippen LogP contribution is 2.29. The van der Waals surface area contributed by atoms with Crippen molar-refractivity contribution in [1.29, 1.82) is 0 Å². The van der Waals surface area contributed by atoms with Crippen LogP contribution in [0.1, 0.15) is 45.7 Å². The monoisotopic (exact) mass is 304 g/mol. The fourth-order valence-corrected chi connectivity index (χ4v) is 3.46. The second-order valence-corrected chi connectivity index (χ2v) is 7.82. The van der Waals surface area contributed by atoms with Gasteiger partial charge < -0.3 is 10.0 Å². The minimum absolute atomic E-state index is 0.0435. The molecule has 2 unspecified atom stereocenters. The third-order valence-corrected chi connectivity index (χ3v) is 5.15. The van der Waals surface area contributed by atoms with E-state index in [1.807, 2.05) is 0 Å². The average molecular weight is 304 g/mol. The van der Waals surface area contributed by atoms with Crippen molar-refractivity contribution in [3.63, 3.8) is 0 Å². The van der Waals surface area contributed by atoms with Crippen LogP contribution in [-0.2, 0) is 5.41 Å². The molecular formula is C17H28N4O. The first-order valence-corrected chi connectivity index (χ1v) is 8.35. The van der Waals surface area contributed by atoms with Crippen molar-refractivity contribution < 1.29 is 5.11 Å². The summed E-state index contributed by atoms with van der Waals surface area (Å²) in [6, 6.07) is 5.01. The van der Waals surface area contributed by atoms with Crippen LogP contribution in [0.5, 0.6) is 0 Å². The minimum atomic E-state index is -0.148. The molecule has 0 aromatic carbocycles. The van der Waals surface area contributed by atoms with E-state index < -0.39 is 0 Å². The molecule has 2 heterocycles. The zero-order chi connectivity index (χ0) is 15.9. The van der Waals surface area contributed by atoms with Gasteiger partial charge in [0, 0.05) is 30.6 Å². The molecule has 0 amide bonds. The lowest BCUT2D eigenvalue weighted by atomic mass is 9.92. The van der Waals surface area contributed by atoms with Crippen LogP contribution in [0, 0.1) is 0 Å². The van der Waals surface area contributed by atoms with Crippen molar-refractivity contribution in [2.45, 2.75) is 63.6 Å². The van der Waals surface area contributed by atoms with Gasteiger partial charge in [0.1, 0.15) is 0 Å². The zero-order valence-corrected chi connectivity index (χ0v) is 14.2. The standard InChI is InChI=1S/C17H28N4O/c1-17(2,3)15-8-9-16(19-18-15)21-10-12(11-21)20(4)13-6-5-7-14(13)22/h8-9,12-14,22H,5-7,10-11H2,1-4H3. The third kappa shape index (κ3) is 2.97. The number of hydrogen-bond acceptors (Lipinski definition) is 5. The maximum Gasteiger partial charge on any atom is 0.151 e. The smallest absolute Gasteiger partial charge is 0.151 e. The van der Waals surface area contributed by atoms with Gasteiger partial charge in [0.05, 0.1) is 11.8 Å². The number of rotatable bonds is 3. The molecule has 1 aliphatic heterocycles. The number of anilines is 1. The number of aromatic nitrogens is 2. The molecule has 2 aliphatic rings. The number of aliphatic hydroxyl groups excluding tert-OH is 1. The molecule has 1 N–H and O–H groups in total. The number of aliphatic hydroxyl groups is 1. The minimum Gasteiger partial charge on any atom is -0.391 e. The fourth-order valence-electron chi connectivity index (χ4n) is 3.46. The van der Waals surface area contributed by atoms with Gasteiger partial charge in [0.15, 0.2) is 5.82 Å². The lowest BCUT2D eigenvalue weighted by Crippen LogP contribution is -2.62. The van der Waals surface area contributed by atoms with Gasteiger partial charge in [-0.2, -0.15) is 5.10 Å². The highest BCUT2D eigenvalue weighted by Gasteiger charge is 2.38. The van der Waals surface area contributed by atoms with E-state index in [0.29, 0.717) is 12.1 Å². The summed E-state index contributed by atoms with van der Waals surface area (Å²) < 4.78 is 0. The molecule has 0 spiro atoms. The zero-order valence-electron chi connectivity index (χ0n) is 14.2. The van der Waals surface area contributed by atoms with Crippen molar-refractivity contribution >= 4 is 5.82 Å². The van der Waals surface area contributed by atoms with Crippen LogP contribution in [0.4, 0.5) is 5.82 Å². The molecule has 2 fully saturated rings. The van der Waals surface area contributed by atoms with Crippen molar-refractivity contribution in [1.82, 2.24) is 15.1 Å². The Bertz CT molecular complexity index is 504. The molecule has 1 aliphatic carbocycles. The Hall–Kier alpha value is -1.20. The largest absolute Gasteiger partial charge is 0.391 e. The Morgan fingerprint density at radius 1 is 1.18 bits per heavy atom. The van der Waals surface area contributed by atoms with Crippen LogP contribution in [-0.4, -0.2) is 58.5 Å². The summed E-state index contributed by atoms with van der Waals surface area (Å²) in [5, 5.41) is 18.8. The number of hydrogen-bond donors (Lipinski definition) is 1. The Balaban J connectivity index is 1.57. The predicted octanol–water partition coefficient (Wildman–Crippen LogP) is 1.81. The number of likely N-dealkylation sites (N-methyl/N-ethyl adjacent to an activating group) is 1. The van der Waals surface area contributed by atoms with Gasteiger partial charge in [-0.3, -0.25) is 4.90 Å². The van der Waals surface area contributed by atoms with E-state index in [2.05, 4.69) is 59.9 Å². The first-order valence-electron chi connectivity index (χ1n) is 8.35. The second-order valence-electron chi connectivity index (χ2n) is 7.82. The predicted molar refractivity (Wildman–Crippen MR) is 88.1 cm³/mol. The van der Waals surface area contributed by atoms with Crippen molar-refractivity contribution in [2.24, 2.45) is 0 Å². The summed E-state index contributed by atoms with van der Waals surface area (Å²) in [7, 11) is 2.15. The van der Waals surface area contributed by atoms with Gasteiger partial charge in [-0.1, -0.05) is 20.8 Å². The molecular weight excluding hydrogens is 276 g/mol. The maximum atomic E-state index is 10.0. The van der Waals surface area contributed by atoms with E-state index in [-0.39, 0.29) is 11.5 Å². The molecule has 5 nitrogen and oxygen atoms in total. The highest BCUT2D eigenvalue weighted by atomic mass is 16.3. The molecule has 2 atom stereocenters. The average Bonchev–Trinajstić information content (AvgIpc) is 2.83. The van der Waals surface area contributed by atoms with Crippen LogP contribution in [0.2, 0.25) is 0 Å². The van der Waals surface area contributed by atoms with Gasteiger partial charge in [-0.15, -0.1) is 5.10 Å². The summed E-state index contributed by atoms with van der Waals surface area (Å²) >= 11 is 0. The maximum absolute atomic E-state index is 10.0. The highest BCUT2D eigenvalue weighted by molar-refractivity contribution is 5.42. The Morgan fingerprint density at radius 3 is 2.41 bits per heavy atom. The van der Waals surface area contributed by atoms with Crippen molar-refractivity contribution in [3.05, 3.63) is 17.8 Å². The van der Waals surface area contributed by atoms with E-state index in [0.717, 1.165) is 43.9 Å². The van der Waals surface area contributed by atoms with E-state index >= 15 is 0 Å². The van der Waals surface area contributed by atoms with Crippen LogP contribution < -0.4 is 4.90 Å². The molecule has 3 rings (SSSR count). The topological polar surface area (TPSA) is 52.5 Å². The molecule has 5 heteroatoms. The Kier molecular flexibility index (Phi) is 4.12. The molecule has 122 valence electrons. The van der Waals surface area contributed by atoms with Gasteiger partial charge in [-0.25, -0.2) is 0 Å². The quantitative estimate of drug-likeness (QED) is 0.923. The summed E-state index contributed by atoms with van der Waals surface area (Å²) in [5.74, 6) is 0.963. The van der Waals surface area contributed by atoms with E-state index in [9.17, 15) is 5.11 Å². The summed E-state index contributed by atoms with van der Waals surface area (Å²) in [4.78, 5) is 4.63. The van der Waals surface area contributed by atoms with Crippen LogP contribution in [0.3, 0.4) is 0 Å². The molecule has 1 saturated carbocycles. The Labute approximate surface area is 133 Å². The van der Waals surface area contributed by atoms with Gasteiger partial charge in [0.2, 0.25) is 0 Å². The first kappa shape index (κ1) is 15.7. The Morgan fingerprint density at radius 2 is 1.91 bits per heavy atom. The van der Waals surface area contributed by atoms with Gasteiger partial charge in [-0.05, 0) is 38.4 Å². The second kappa shape index (κ2) is 5.78. The lowest BCUT2D eigenvalue weighted by Gasteiger charge is -2.47. The molecule has 1 aromatic rings. The van der Waals surface area contributed by atoms with E-state index in [4.69, 9.17) is 0 Å². The van der Waals surface area contributed by atoms with Gasteiger partial charge >= 0.3 is 0 Å². The summed E-state index contributed by atoms with van der Waals surface area (Å²) in [6.45, 7) is 8.40. The summed E-state index contributed by atoms with van der Waals surface area (Å²) in [5.41, 5.74) is 1.07. The van der Waals surface area contributed by atoms with Crippen LogP contribution in [0.25, 0.3) is 0 Å². The van der Waals surface area contributed by atoms with Gasteiger partial charge in [0.25, 0.3) is 0 Å². The SMILES string of the molecule is CN(C1CN(c2ccc(C(C)(C)C)nn2)C1)C1CCCC1O. The van der Waals surface area contributed by atoms with Crippen LogP contribution in [0.15, 0.2) is 12.1 Å². The lowest BCUT2D eigenvalue weighted by molar-refractivity contribution is 0.0525. The van der Waals surface area contributed by atoms with Crippen molar-refractivity contribution in [3.8, 4) is 0 Å².